The summed E-state index contributed by atoms with van der Waals surface area (Å²) in [7, 11) is 1.71. The van der Waals surface area contributed by atoms with E-state index in [9.17, 15) is 9.59 Å². The maximum absolute atomic E-state index is 13.7. The van der Waals surface area contributed by atoms with Crippen LogP contribution in [0.4, 0.5) is 0 Å². The van der Waals surface area contributed by atoms with Crippen molar-refractivity contribution in [3.05, 3.63) is 67.1 Å². The smallest absolute Gasteiger partial charge is 0.311 e. The molecule has 5 rings (SSSR count). The van der Waals surface area contributed by atoms with Crippen LogP contribution in [0.15, 0.2) is 27.8 Å². The predicted molar refractivity (Wildman–Crippen MR) is 122 cm³/mol. The Hall–Kier alpha value is -3.09. The highest BCUT2D eigenvalue weighted by Crippen LogP contribution is 2.34. The molecular formula is C24H29N5O2. The van der Waals surface area contributed by atoms with E-state index in [0.29, 0.717) is 17.2 Å². The maximum atomic E-state index is 13.7. The number of rotatable bonds is 3. The fourth-order valence-corrected chi connectivity index (χ4v) is 5.15. The zero-order valence-electron chi connectivity index (χ0n) is 18.9. The van der Waals surface area contributed by atoms with Crippen molar-refractivity contribution < 1.29 is 0 Å². The van der Waals surface area contributed by atoms with Gasteiger partial charge >= 0.3 is 5.69 Å². The van der Waals surface area contributed by atoms with Gasteiger partial charge in [0.05, 0.1) is 6.54 Å². The van der Waals surface area contributed by atoms with E-state index in [0.717, 1.165) is 46.7 Å². The third kappa shape index (κ3) is 2.82. The Morgan fingerprint density at radius 2 is 1.74 bits per heavy atom. The summed E-state index contributed by atoms with van der Waals surface area (Å²) in [5.41, 5.74) is 5.65. The molecule has 0 bridgehead atoms. The molecular weight excluding hydrogens is 390 g/mol. The van der Waals surface area contributed by atoms with Crippen molar-refractivity contribution in [2.45, 2.75) is 66.0 Å². The molecule has 4 aromatic rings. The van der Waals surface area contributed by atoms with Crippen LogP contribution in [0.5, 0.6) is 0 Å². The first-order chi connectivity index (χ1) is 14.8. The molecule has 0 N–H and O–H groups in total. The SMILES string of the molecule is Cc1ccc(C)c(Cn2c(=O)c3c(nc4n(C5CCCC5)c(C)c(C)n34)n(C)c2=O)c1. The van der Waals surface area contributed by atoms with Gasteiger partial charge in [0.25, 0.3) is 5.56 Å². The van der Waals surface area contributed by atoms with Crippen molar-refractivity contribution in [3.8, 4) is 0 Å². The largest absolute Gasteiger partial charge is 0.332 e. The minimum atomic E-state index is -0.332. The van der Waals surface area contributed by atoms with Gasteiger partial charge in [-0.3, -0.25) is 18.3 Å². The standard InChI is InChI=1S/C24H29N5O2/c1-14-10-11-15(2)18(12-14)13-27-22(30)20-21(26(5)24(27)31)25-23-28(19-8-6-7-9-19)16(3)17(4)29(20)23/h10-12,19H,6-9,13H2,1-5H3. The lowest BCUT2D eigenvalue weighted by Gasteiger charge is -2.14. The Labute approximate surface area is 180 Å². The molecule has 1 aliphatic rings. The summed E-state index contributed by atoms with van der Waals surface area (Å²) in [5, 5.41) is 0. The minimum absolute atomic E-state index is 0.254. The second kappa shape index (κ2) is 6.97. The van der Waals surface area contributed by atoms with E-state index >= 15 is 0 Å². The molecule has 31 heavy (non-hydrogen) atoms. The van der Waals surface area contributed by atoms with Gasteiger partial charge in [-0.25, -0.2) is 4.79 Å². The lowest BCUT2D eigenvalue weighted by molar-refractivity contribution is 0.520. The van der Waals surface area contributed by atoms with Crippen LogP contribution < -0.4 is 11.2 Å². The van der Waals surface area contributed by atoms with E-state index in [2.05, 4.69) is 11.5 Å². The zero-order valence-corrected chi connectivity index (χ0v) is 18.9. The van der Waals surface area contributed by atoms with Crippen molar-refractivity contribution in [1.29, 1.82) is 0 Å². The first-order valence-corrected chi connectivity index (χ1v) is 11.0. The topological polar surface area (TPSA) is 66.2 Å². The molecule has 0 spiro atoms. The number of imidazole rings is 2. The molecule has 0 amide bonds. The van der Waals surface area contributed by atoms with Crippen molar-refractivity contribution >= 4 is 16.9 Å². The van der Waals surface area contributed by atoms with E-state index in [1.807, 2.05) is 43.4 Å². The van der Waals surface area contributed by atoms with Gasteiger partial charge in [0.2, 0.25) is 5.78 Å². The van der Waals surface area contributed by atoms with Gasteiger partial charge in [-0.05, 0) is 51.7 Å². The second-order valence-corrected chi connectivity index (χ2v) is 9.06. The highest BCUT2D eigenvalue weighted by molar-refractivity contribution is 5.76. The lowest BCUT2D eigenvalue weighted by Crippen LogP contribution is -2.39. The van der Waals surface area contributed by atoms with Crippen LogP contribution in [0.3, 0.4) is 0 Å². The monoisotopic (exact) mass is 419 g/mol. The number of nitrogens with zero attached hydrogens (tertiary/aromatic N) is 5. The number of fused-ring (bicyclic) bond motifs is 3. The highest BCUT2D eigenvalue weighted by Gasteiger charge is 2.27. The Bertz CT molecular complexity index is 1460. The lowest BCUT2D eigenvalue weighted by atomic mass is 10.1. The van der Waals surface area contributed by atoms with E-state index in [4.69, 9.17) is 4.98 Å². The number of hydrogen-bond acceptors (Lipinski definition) is 3. The van der Waals surface area contributed by atoms with Crippen molar-refractivity contribution in [1.82, 2.24) is 23.1 Å². The molecule has 1 fully saturated rings. The van der Waals surface area contributed by atoms with Crippen LogP contribution in [0.2, 0.25) is 0 Å². The summed E-state index contributed by atoms with van der Waals surface area (Å²) in [6.45, 7) is 8.42. The molecule has 3 aromatic heterocycles. The van der Waals surface area contributed by atoms with Gasteiger partial charge < -0.3 is 4.57 Å². The molecule has 0 aliphatic heterocycles. The summed E-state index contributed by atoms with van der Waals surface area (Å²) < 4.78 is 7.11. The Morgan fingerprint density at radius 3 is 2.45 bits per heavy atom. The summed E-state index contributed by atoms with van der Waals surface area (Å²) in [6.07, 6.45) is 4.69. The van der Waals surface area contributed by atoms with Crippen LogP contribution in [0.25, 0.3) is 16.9 Å². The fraction of sp³-hybridized carbons (Fsp3) is 0.458. The first-order valence-electron chi connectivity index (χ1n) is 11.0. The first kappa shape index (κ1) is 19.8. The average molecular weight is 420 g/mol. The summed E-state index contributed by atoms with van der Waals surface area (Å²) >= 11 is 0. The van der Waals surface area contributed by atoms with Crippen molar-refractivity contribution in [2.24, 2.45) is 7.05 Å². The zero-order chi connectivity index (χ0) is 22.0. The molecule has 0 unspecified atom stereocenters. The van der Waals surface area contributed by atoms with E-state index in [1.165, 1.54) is 22.0 Å². The average Bonchev–Trinajstić information content (AvgIpc) is 3.44. The molecule has 3 heterocycles. The second-order valence-electron chi connectivity index (χ2n) is 9.06. The van der Waals surface area contributed by atoms with Crippen LogP contribution >= 0.6 is 0 Å². The molecule has 7 heteroatoms. The van der Waals surface area contributed by atoms with Crippen LogP contribution in [0, 0.1) is 27.7 Å². The Kier molecular flexibility index (Phi) is 4.46. The maximum Gasteiger partial charge on any atom is 0.332 e. The van der Waals surface area contributed by atoms with Gasteiger partial charge in [0.15, 0.2) is 11.2 Å². The van der Waals surface area contributed by atoms with Gasteiger partial charge in [0, 0.05) is 24.5 Å². The van der Waals surface area contributed by atoms with Gasteiger partial charge in [0.1, 0.15) is 0 Å². The Balaban J connectivity index is 1.81. The Morgan fingerprint density at radius 1 is 1.03 bits per heavy atom. The number of benzene rings is 1. The van der Waals surface area contributed by atoms with E-state index < -0.39 is 0 Å². The minimum Gasteiger partial charge on any atom is -0.311 e. The van der Waals surface area contributed by atoms with Gasteiger partial charge in [-0.2, -0.15) is 4.98 Å². The number of aromatic nitrogens is 5. The van der Waals surface area contributed by atoms with E-state index in [-0.39, 0.29) is 17.8 Å². The van der Waals surface area contributed by atoms with E-state index in [1.54, 1.807) is 7.05 Å². The third-order valence-electron chi connectivity index (χ3n) is 7.08. The molecule has 1 aromatic carbocycles. The summed E-state index contributed by atoms with van der Waals surface area (Å²) in [5.74, 6) is 0.772. The number of aryl methyl sites for hydroxylation is 4. The molecule has 162 valence electrons. The normalized spacial score (nSPS) is 15.0. The fourth-order valence-electron chi connectivity index (χ4n) is 5.15. The molecule has 1 saturated carbocycles. The molecule has 0 saturated heterocycles. The van der Waals surface area contributed by atoms with Crippen LogP contribution in [0.1, 0.15) is 59.8 Å². The van der Waals surface area contributed by atoms with Gasteiger partial charge in [-0.1, -0.05) is 36.6 Å². The number of hydrogen-bond donors (Lipinski definition) is 0. The summed E-state index contributed by atoms with van der Waals surface area (Å²) in [4.78, 5) is 31.6. The molecule has 0 radical (unpaired) electrons. The van der Waals surface area contributed by atoms with Crippen LogP contribution in [-0.2, 0) is 13.6 Å². The van der Waals surface area contributed by atoms with Gasteiger partial charge in [-0.15, -0.1) is 0 Å². The molecule has 1 aliphatic carbocycles. The quantitative estimate of drug-likeness (QED) is 0.510. The molecule has 7 nitrogen and oxygen atoms in total. The highest BCUT2D eigenvalue weighted by atomic mass is 16.2. The van der Waals surface area contributed by atoms with Crippen LogP contribution in [-0.4, -0.2) is 23.1 Å². The third-order valence-corrected chi connectivity index (χ3v) is 7.08. The van der Waals surface area contributed by atoms with Crippen molar-refractivity contribution in [2.75, 3.05) is 0 Å². The van der Waals surface area contributed by atoms with Crippen molar-refractivity contribution in [3.63, 3.8) is 0 Å². The summed E-state index contributed by atoms with van der Waals surface area (Å²) in [6, 6.07) is 6.53. The predicted octanol–water partition coefficient (Wildman–Crippen LogP) is 3.55. The molecule has 0 atom stereocenters.